The SMILES string of the molecule is Cc1cc(C(Nc2ccccc2C)C(=O)O)c(C)s1. The van der Waals surface area contributed by atoms with Crippen LogP contribution in [0.4, 0.5) is 5.69 Å². The third-order valence-corrected chi connectivity index (χ3v) is 4.06. The summed E-state index contributed by atoms with van der Waals surface area (Å²) in [6.07, 6.45) is 0. The number of thiophene rings is 1. The van der Waals surface area contributed by atoms with E-state index in [4.69, 9.17) is 0 Å². The Morgan fingerprint density at radius 3 is 2.47 bits per heavy atom. The van der Waals surface area contributed by atoms with E-state index in [-0.39, 0.29) is 0 Å². The van der Waals surface area contributed by atoms with Crippen LogP contribution in [-0.2, 0) is 4.79 Å². The second kappa shape index (κ2) is 5.45. The van der Waals surface area contributed by atoms with Crippen molar-refractivity contribution in [1.29, 1.82) is 0 Å². The van der Waals surface area contributed by atoms with Crippen molar-refractivity contribution in [2.24, 2.45) is 0 Å². The molecule has 2 rings (SSSR count). The fourth-order valence-electron chi connectivity index (χ4n) is 2.10. The Labute approximate surface area is 116 Å². The molecular weight excluding hydrogens is 258 g/mol. The Kier molecular flexibility index (Phi) is 3.90. The molecule has 1 aromatic heterocycles. The maximum absolute atomic E-state index is 11.5. The molecule has 0 amide bonds. The van der Waals surface area contributed by atoms with Crippen molar-refractivity contribution in [2.75, 3.05) is 5.32 Å². The predicted octanol–water partition coefficient (Wildman–Crippen LogP) is 3.91. The second-order valence-electron chi connectivity index (χ2n) is 4.60. The monoisotopic (exact) mass is 275 g/mol. The first-order chi connectivity index (χ1) is 8.99. The molecule has 100 valence electrons. The van der Waals surface area contributed by atoms with E-state index < -0.39 is 12.0 Å². The highest BCUT2D eigenvalue weighted by Crippen LogP contribution is 2.29. The van der Waals surface area contributed by atoms with Crippen LogP contribution in [-0.4, -0.2) is 11.1 Å². The molecule has 0 saturated carbocycles. The van der Waals surface area contributed by atoms with Crippen molar-refractivity contribution < 1.29 is 9.90 Å². The molecule has 0 aliphatic heterocycles. The zero-order chi connectivity index (χ0) is 14.0. The van der Waals surface area contributed by atoms with Gasteiger partial charge >= 0.3 is 5.97 Å². The van der Waals surface area contributed by atoms with Crippen LogP contribution in [0.5, 0.6) is 0 Å². The minimum Gasteiger partial charge on any atom is -0.479 e. The van der Waals surface area contributed by atoms with E-state index in [0.717, 1.165) is 26.6 Å². The lowest BCUT2D eigenvalue weighted by Crippen LogP contribution is -2.21. The third-order valence-electron chi connectivity index (χ3n) is 3.08. The highest BCUT2D eigenvalue weighted by molar-refractivity contribution is 7.12. The molecule has 0 radical (unpaired) electrons. The van der Waals surface area contributed by atoms with Gasteiger partial charge in [-0.25, -0.2) is 4.79 Å². The second-order valence-corrected chi connectivity index (χ2v) is 6.06. The topological polar surface area (TPSA) is 49.3 Å². The highest BCUT2D eigenvalue weighted by atomic mass is 32.1. The smallest absolute Gasteiger partial charge is 0.330 e. The number of aryl methyl sites for hydroxylation is 3. The molecule has 0 saturated heterocycles. The van der Waals surface area contributed by atoms with Gasteiger partial charge in [0.25, 0.3) is 0 Å². The molecule has 2 aromatic rings. The van der Waals surface area contributed by atoms with Gasteiger partial charge in [0, 0.05) is 15.4 Å². The van der Waals surface area contributed by atoms with Crippen molar-refractivity contribution >= 4 is 23.0 Å². The summed E-state index contributed by atoms with van der Waals surface area (Å²) in [5.74, 6) is -0.857. The number of anilines is 1. The molecular formula is C15H17NO2S. The quantitative estimate of drug-likeness (QED) is 0.889. The largest absolute Gasteiger partial charge is 0.479 e. The zero-order valence-electron chi connectivity index (χ0n) is 11.2. The Balaban J connectivity index is 2.35. The molecule has 1 aromatic carbocycles. The predicted molar refractivity (Wildman–Crippen MR) is 79.0 cm³/mol. The van der Waals surface area contributed by atoms with Crippen LogP contribution in [0.25, 0.3) is 0 Å². The molecule has 3 nitrogen and oxygen atoms in total. The lowest BCUT2D eigenvalue weighted by Gasteiger charge is -2.17. The fourth-order valence-corrected chi connectivity index (χ4v) is 3.06. The van der Waals surface area contributed by atoms with Crippen LogP contribution in [0.1, 0.15) is 26.9 Å². The van der Waals surface area contributed by atoms with Crippen molar-refractivity contribution in [1.82, 2.24) is 0 Å². The first-order valence-corrected chi connectivity index (χ1v) is 6.92. The van der Waals surface area contributed by atoms with Gasteiger partial charge in [-0.3, -0.25) is 0 Å². The summed E-state index contributed by atoms with van der Waals surface area (Å²) in [6, 6.07) is 8.96. The Bertz CT molecular complexity index is 604. The maximum Gasteiger partial charge on any atom is 0.330 e. The number of rotatable bonds is 4. The fraction of sp³-hybridized carbons (Fsp3) is 0.267. The van der Waals surface area contributed by atoms with Crippen LogP contribution >= 0.6 is 11.3 Å². The van der Waals surface area contributed by atoms with Crippen LogP contribution < -0.4 is 5.32 Å². The van der Waals surface area contributed by atoms with E-state index in [1.807, 2.05) is 51.1 Å². The van der Waals surface area contributed by atoms with Crippen LogP contribution in [0.2, 0.25) is 0 Å². The molecule has 1 unspecified atom stereocenters. The Morgan fingerprint density at radius 2 is 1.95 bits per heavy atom. The number of benzene rings is 1. The standard InChI is InChI=1S/C15H17NO2S/c1-9-6-4-5-7-13(9)16-14(15(17)18)12-8-10(2)19-11(12)3/h4-8,14,16H,1-3H3,(H,17,18). The van der Waals surface area contributed by atoms with Gasteiger partial charge in [-0.15, -0.1) is 11.3 Å². The summed E-state index contributed by atoms with van der Waals surface area (Å²) >= 11 is 1.63. The number of aliphatic carboxylic acids is 1. The average molecular weight is 275 g/mol. The summed E-state index contributed by atoms with van der Waals surface area (Å²) in [7, 11) is 0. The number of carbonyl (C=O) groups is 1. The number of hydrogen-bond donors (Lipinski definition) is 2. The summed E-state index contributed by atoms with van der Waals surface area (Å²) in [5.41, 5.74) is 2.75. The van der Waals surface area contributed by atoms with Gasteiger partial charge in [0.05, 0.1) is 0 Å². The maximum atomic E-state index is 11.5. The first kappa shape index (κ1) is 13.6. The van der Waals surface area contributed by atoms with E-state index in [1.54, 1.807) is 11.3 Å². The summed E-state index contributed by atoms with van der Waals surface area (Å²) in [4.78, 5) is 13.7. The highest BCUT2D eigenvalue weighted by Gasteiger charge is 2.23. The van der Waals surface area contributed by atoms with Crippen LogP contribution in [0, 0.1) is 20.8 Å². The average Bonchev–Trinajstić information content (AvgIpc) is 2.67. The summed E-state index contributed by atoms with van der Waals surface area (Å²) in [6.45, 7) is 5.92. The van der Waals surface area contributed by atoms with E-state index in [9.17, 15) is 9.90 Å². The molecule has 0 fully saturated rings. The molecule has 1 atom stereocenters. The van der Waals surface area contributed by atoms with Gasteiger partial charge in [-0.2, -0.15) is 0 Å². The van der Waals surface area contributed by atoms with Crippen LogP contribution in [0.15, 0.2) is 30.3 Å². The summed E-state index contributed by atoms with van der Waals surface area (Å²) < 4.78 is 0. The zero-order valence-corrected chi connectivity index (χ0v) is 12.0. The lowest BCUT2D eigenvalue weighted by molar-refractivity contribution is -0.138. The number of para-hydroxylation sites is 1. The number of hydrogen-bond acceptors (Lipinski definition) is 3. The van der Waals surface area contributed by atoms with E-state index in [1.165, 1.54) is 0 Å². The number of carboxylic acid groups (broad SMARTS) is 1. The molecule has 0 aliphatic rings. The van der Waals surface area contributed by atoms with Gasteiger partial charge in [-0.1, -0.05) is 18.2 Å². The van der Waals surface area contributed by atoms with Crippen molar-refractivity contribution in [3.63, 3.8) is 0 Å². The molecule has 0 bridgehead atoms. The van der Waals surface area contributed by atoms with Crippen LogP contribution in [0.3, 0.4) is 0 Å². The van der Waals surface area contributed by atoms with Gasteiger partial charge < -0.3 is 10.4 Å². The van der Waals surface area contributed by atoms with E-state index in [2.05, 4.69) is 5.32 Å². The minimum absolute atomic E-state index is 0.703. The number of nitrogens with one attached hydrogen (secondary N) is 1. The van der Waals surface area contributed by atoms with Crippen molar-refractivity contribution in [3.8, 4) is 0 Å². The normalized spacial score (nSPS) is 12.2. The van der Waals surface area contributed by atoms with Gasteiger partial charge in [0.2, 0.25) is 0 Å². The van der Waals surface area contributed by atoms with Gasteiger partial charge in [0.15, 0.2) is 6.04 Å². The summed E-state index contributed by atoms with van der Waals surface area (Å²) in [5, 5.41) is 12.6. The Hall–Kier alpha value is -1.81. The van der Waals surface area contributed by atoms with Crippen molar-refractivity contribution in [3.05, 3.63) is 51.2 Å². The third kappa shape index (κ3) is 2.96. The molecule has 4 heteroatoms. The van der Waals surface area contributed by atoms with E-state index in [0.29, 0.717) is 0 Å². The lowest BCUT2D eigenvalue weighted by atomic mass is 10.1. The first-order valence-electron chi connectivity index (χ1n) is 6.11. The minimum atomic E-state index is -0.857. The molecule has 1 heterocycles. The number of carboxylic acids is 1. The molecule has 2 N–H and O–H groups in total. The Morgan fingerprint density at radius 1 is 1.26 bits per heavy atom. The molecule has 0 aliphatic carbocycles. The van der Waals surface area contributed by atoms with Gasteiger partial charge in [0.1, 0.15) is 0 Å². The molecule has 0 spiro atoms. The van der Waals surface area contributed by atoms with Crippen molar-refractivity contribution in [2.45, 2.75) is 26.8 Å². The van der Waals surface area contributed by atoms with E-state index >= 15 is 0 Å². The van der Waals surface area contributed by atoms with Gasteiger partial charge in [-0.05, 0) is 44.0 Å². The molecule has 19 heavy (non-hydrogen) atoms.